The number of amides is 1. The van der Waals surface area contributed by atoms with Gasteiger partial charge in [0.1, 0.15) is 0 Å². The Bertz CT molecular complexity index is 445. The van der Waals surface area contributed by atoms with Crippen molar-refractivity contribution in [3.8, 4) is 0 Å². The van der Waals surface area contributed by atoms with Gasteiger partial charge in [-0.05, 0) is 37.9 Å². The second-order valence-electron chi connectivity index (χ2n) is 4.09. The van der Waals surface area contributed by atoms with Crippen LogP contribution in [0.5, 0.6) is 0 Å². The number of rotatable bonds is 5. The summed E-state index contributed by atoms with van der Waals surface area (Å²) in [6, 6.07) is 5.15. The van der Waals surface area contributed by atoms with Gasteiger partial charge in [0.25, 0.3) is 0 Å². The molecule has 1 aromatic rings. The average molecular weight is 287 g/mol. The highest BCUT2D eigenvalue weighted by Crippen LogP contribution is 2.21. The fourth-order valence-corrected chi connectivity index (χ4v) is 1.74. The molecule has 5 heteroatoms. The predicted octanol–water partition coefficient (Wildman–Crippen LogP) is 2.68. The molecule has 0 bridgehead atoms. The van der Waals surface area contributed by atoms with E-state index in [2.05, 4.69) is 5.32 Å². The van der Waals surface area contributed by atoms with Crippen LogP contribution in [0.2, 0.25) is 10.0 Å². The summed E-state index contributed by atoms with van der Waals surface area (Å²) in [7, 11) is 3.91. The van der Waals surface area contributed by atoms with Crippen LogP contribution in [0.3, 0.4) is 0 Å². The van der Waals surface area contributed by atoms with E-state index < -0.39 is 0 Å². The summed E-state index contributed by atoms with van der Waals surface area (Å²) in [6.07, 6.45) is 3.13. The molecule has 0 saturated carbocycles. The van der Waals surface area contributed by atoms with E-state index in [0.717, 1.165) is 12.1 Å². The van der Waals surface area contributed by atoms with E-state index in [0.29, 0.717) is 16.6 Å². The second kappa shape index (κ2) is 7.41. The third-order valence-corrected chi connectivity index (χ3v) is 2.80. The lowest BCUT2D eigenvalue weighted by Gasteiger charge is -2.08. The van der Waals surface area contributed by atoms with Crippen LogP contribution in [0.15, 0.2) is 24.3 Å². The lowest BCUT2D eigenvalue weighted by atomic mass is 10.2. The Kier molecular flexibility index (Phi) is 6.19. The molecule has 1 aromatic carbocycles. The van der Waals surface area contributed by atoms with Crippen LogP contribution in [0.1, 0.15) is 5.56 Å². The van der Waals surface area contributed by atoms with Crippen molar-refractivity contribution >= 4 is 35.2 Å². The molecule has 18 heavy (non-hydrogen) atoms. The van der Waals surface area contributed by atoms with Crippen LogP contribution in [0.4, 0.5) is 0 Å². The Balaban J connectivity index is 2.50. The average Bonchev–Trinajstić information content (AvgIpc) is 2.27. The Morgan fingerprint density at radius 1 is 1.39 bits per heavy atom. The van der Waals surface area contributed by atoms with E-state index in [1.165, 1.54) is 6.08 Å². The first-order chi connectivity index (χ1) is 8.49. The quantitative estimate of drug-likeness (QED) is 0.844. The van der Waals surface area contributed by atoms with Gasteiger partial charge in [-0.3, -0.25) is 4.79 Å². The molecule has 0 atom stereocenters. The van der Waals surface area contributed by atoms with Gasteiger partial charge < -0.3 is 10.2 Å². The molecule has 0 aromatic heterocycles. The highest BCUT2D eigenvalue weighted by Gasteiger charge is 1.99. The van der Waals surface area contributed by atoms with Gasteiger partial charge in [-0.2, -0.15) is 0 Å². The Morgan fingerprint density at radius 3 is 2.72 bits per heavy atom. The molecule has 0 radical (unpaired) electrons. The van der Waals surface area contributed by atoms with Gasteiger partial charge in [0.2, 0.25) is 5.91 Å². The van der Waals surface area contributed by atoms with Gasteiger partial charge >= 0.3 is 0 Å². The van der Waals surface area contributed by atoms with Crippen molar-refractivity contribution in [2.75, 3.05) is 27.2 Å². The number of hydrogen-bond donors (Lipinski definition) is 1. The van der Waals surface area contributed by atoms with E-state index >= 15 is 0 Å². The number of likely N-dealkylation sites (N-methyl/N-ethyl adjacent to an activating group) is 1. The summed E-state index contributed by atoms with van der Waals surface area (Å²) in [6.45, 7) is 1.42. The standard InChI is InChI=1S/C13H16Cl2N2O/c1-17(2)8-7-16-13(18)6-4-10-3-5-11(14)9-12(10)15/h3-6,9H,7-8H2,1-2H3,(H,16,18)/b6-4+. The molecule has 3 nitrogen and oxygen atoms in total. The van der Waals surface area contributed by atoms with Gasteiger partial charge in [-0.1, -0.05) is 29.3 Å². The van der Waals surface area contributed by atoms with Crippen LogP contribution in [0.25, 0.3) is 6.08 Å². The zero-order valence-corrected chi connectivity index (χ0v) is 11.9. The van der Waals surface area contributed by atoms with Crippen molar-refractivity contribution < 1.29 is 4.79 Å². The molecule has 1 N–H and O–H groups in total. The highest BCUT2D eigenvalue weighted by atomic mass is 35.5. The first-order valence-electron chi connectivity index (χ1n) is 5.55. The van der Waals surface area contributed by atoms with E-state index in [4.69, 9.17) is 23.2 Å². The molecule has 1 rings (SSSR count). The summed E-state index contributed by atoms with van der Waals surface area (Å²) < 4.78 is 0. The van der Waals surface area contributed by atoms with Crippen molar-refractivity contribution in [2.45, 2.75) is 0 Å². The predicted molar refractivity (Wildman–Crippen MR) is 77.1 cm³/mol. The topological polar surface area (TPSA) is 32.3 Å². The number of carbonyl (C=O) groups excluding carboxylic acids is 1. The van der Waals surface area contributed by atoms with E-state index in [-0.39, 0.29) is 5.91 Å². The molecule has 0 spiro atoms. The lowest BCUT2D eigenvalue weighted by Crippen LogP contribution is -2.30. The Morgan fingerprint density at radius 2 is 2.11 bits per heavy atom. The molecule has 98 valence electrons. The van der Waals surface area contributed by atoms with Crippen LogP contribution in [0, 0.1) is 0 Å². The molecule has 0 aliphatic carbocycles. The van der Waals surface area contributed by atoms with Crippen LogP contribution >= 0.6 is 23.2 Å². The second-order valence-corrected chi connectivity index (χ2v) is 4.94. The molecule has 0 aliphatic rings. The molecule has 1 amide bonds. The van der Waals surface area contributed by atoms with Crippen molar-refractivity contribution in [2.24, 2.45) is 0 Å². The Labute approximate surface area is 117 Å². The number of halogens is 2. The van der Waals surface area contributed by atoms with Gasteiger partial charge in [-0.15, -0.1) is 0 Å². The fourth-order valence-electron chi connectivity index (χ4n) is 1.26. The van der Waals surface area contributed by atoms with Crippen LogP contribution in [-0.4, -0.2) is 38.0 Å². The van der Waals surface area contributed by atoms with E-state index in [1.807, 2.05) is 19.0 Å². The summed E-state index contributed by atoms with van der Waals surface area (Å²) in [5.74, 6) is -0.136. The molecule has 0 heterocycles. The SMILES string of the molecule is CN(C)CCNC(=O)/C=C/c1ccc(Cl)cc1Cl. The molecular formula is C13H16Cl2N2O. The molecule has 0 aliphatic heterocycles. The molecule has 0 fully saturated rings. The lowest BCUT2D eigenvalue weighted by molar-refractivity contribution is -0.116. The number of nitrogens with one attached hydrogen (secondary N) is 1. The van der Waals surface area contributed by atoms with Crippen molar-refractivity contribution in [1.82, 2.24) is 10.2 Å². The van der Waals surface area contributed by atoms with Gasteiger partial charge in [-0.25, -0.2) is 0 Å². The normalized spacial score (nSPS) is 11.2. The number of benzene rings is 1. The first kappa shape index (κ1) is 15.0. The van der Waals surface area contributed by atoms with Gasteiger partial charge in [0, 0.05) is 29.2 Å². The number of hydrogen-bond acceptors (Lipinski definition) is 2. The maximum Gasteiger partial charge on any atom is 0.244 e. The summed E-state index contributed by atoms with van der Waals surface area (Å²) in [4.78, 5) is 13.5. The van der Waals surface area contributed by atoms with E-state index in [1.54, 1.807) is 24.3 Å². The summed E-state index contributed by atoms with van der Waals surface area (Å²) >= 11 is 11.8. The molecule has 0 unspecified atom stereocenters. The minimum Gasteiger partial charge on any atom is -0.351 e. The number of nitrogens with zero attached hydrogens (tertiary/aromatic N) is 1. The smallest absolute Gasteiger partial charge is 0.244 e. The monoisotopic (exact) mass is 286 g/mol. The van der Waals surface area contributed by atoms with Crippen LogP contribution < -0.4 is 5.32 Å². The maximum absolute atomic E-state index is 11.5. The zero-order chi connectivity index (χ0) is 13.5. The minimum absolute atomic E-state index is 0.136. The van der Waals surface area contributed by atoms with Gasteiger partial charge in [0.05, 0.1) is 0 Å². The van der Waals surface area contributed by atoms with Crippen molar-refractivity contribution in [3.05, 3.63) is 39.9 Å². The van der Waals surface area contributed by atoms with Gasteiger partial charge in [0.15, 0.2) is 0 Å². The third kappa shape index (κ3) is 5.54. The summed E-state index contributed by atoms with van der Waals surface area (Å²) in [5.41, 5.74) is 0.767. The summed E-state index contributed by atoms with van der Waals surface area (Å²) in [5, 5.41) is 3.88. The minimum atomic E-state index is -0.136. The number of carbonyl (C=O) groups is 1. The molecule has 0 saturated heterocycles. The molecular weight excluding hydrogens is 271 g/mol. The maximum atomic E-state index is 11.5. The fraction of sp³-hybridized carbons (Fsp3) is 0.308. The highest BCUT2D eigenvalue weighted by molar-refractivity contribution is 6.35. The Hall–Kier alpha value is -1.03. The first-order valence-corrected chi connectivity index (χ1v) is 6.30. The van der Waals surface area contributed by atoms with Crippen molar-refractivity contribution in [3.63, 3.8) is 0 Å². The van der Waals surface area contributed by atoms with Crippen molar-refractivity contribution in [1.29, 1.82) is 0 Å². The van der Waals surface area contributed by atoms with E-state index in [9.17, 15) is 4.79 Å². The van der Waals surface area contributed by atoms with Crippen LogP contribution in [-0.2, 0) is 4.79 Å². The third-order valence-electron chi connectivity index (χ3n) is 2.24. The largest absolute Gasteiger partial charge is 0.351 e. The zero-order valence-electron chi connectivity index (χ0n) is 10.4.